The van der Waals surface area contributed by atoms with Gasteiger partial charge in [0.05, 0.1) is 5.02 Å². The number of halogens is 1. The van der Waals surface area contributed by atoms with Crippen molar-refractivity contribution >= 4 is 11.6 Å². The molecule has 0 bridgehead atoms. The zero-order chi connectivity index (χ0) is 15.5. The number of hydrogen-bond acceptors (Lipinski definition) is 4. The number of nitrogens with zero attached hydrogens (tertiary/aromatic N) is 3. The van der Waals surface area contributed by atoms with Gasteiger partial charge in [-0.15, -0.1) is 0 Å². The Kier molecular flexibility index (Phi) is 4.02. The molecule has 4 nitrogen and oxygen atoms in total. The van der Waals surface area contributed by atoms with Gasteiger partial charge in [-0.1, -0.05) is 17.7 Å². The summed E-state index contributed by atoms with van der Waals surface area (Å²) in [7, 11) is 0. The Balaban J connectivity index is 1.96. The van der Waals surface area contributed by atoms with E-state index in [9.17, 15) is 0 Å². The maximum atomic E-state index is 6.20. The lowest BCUT2D eigenvalue weighted by Gasteiger charge is -2.09. The summed E-state index contributed by atoms with van der Waals surface area (Å²) in [5.41, 5.74) is 2.73. The maximum absolute atomic E-state index is 6.20. The summed E-state index contributed by atoms with van der Waals surface area (Å²) in [6.45, 7) is 3.87. The number of rotatable bonds is 3. The second kappa shape index (κ2) is 6.12. The van der Waals surface area contributed by atoms with Gasteiger partial charge < -0.3 is 4.74 Å². The second-order valence-corrected chi connectivity index (χ2v) is 5.36. The van der Waals surface area contributed by atoms with Gasteiger partial charge in [0, 0.05) is 29.7 Å². The Labute approximate surface area is 133 Å². The summed E-state index contributed by atoms with van der Waals surface area (Å²) in [6, 6.07) is 11.2. The second-order valence-electron chi connectivity index (χ2n) is 4.95. The minimum atomic E-state index is 0.456. The molecule has 3 rings (SSSR count). The highest BCUT2D eigenvalue weighted by Gasteiger charge is 2.09. The van der Waals surface area contributed by atoms with E-state index in [0.29, 0.717) is 22.5 Å². The van der Waals surface area contributed by atoms with Gasteiger partial charge in [0.15, 0.2) is 5.82 Å². The van der Waals surface area contributed by atoms with Gasteiger partial charge in [-0.3, -0.25) is 4.98 Å². The molecule has 0 N–H and O–H groups in total. The number of hydrogen-bond donors (Lipinski definition) is 0. The highest BCUT2D eigenvalue weighted by atomic mass is 35.5. The lowest BCUT2D eigenvalue weighted by atomic mass is 10.2. The molecule has 5 heteroatoms. The molecule has 0 spiro atoms. The van der Waals surface area contributed by atoms with E-state index in [-0.39, 0.29) is 0 Å². The van der Waals surface area contributed by atoms with Crippen molar-refractivity contribution in [2.75, 3.05) is 0 Å². The summed E-state index contributed by atoms with van der Waals surface area (Å²) in [4.78, 5) is 12.9. The Morgan fingerprint density at radius 2 is 1.91 bits per heavy atom. The highest BCUT2D eigenvalue weighted by molar-refractivity contribution is 6.32. The van der Waals surface area contributed by atoms with Crippen molar-refractivity contribution in [3.8, 4) is 23.0 Å². The SMILES string of the molecule is Cc1ccc(Oc2cc(C)nc(-c3cccnc3)n2)c(Cl)c1. The normalized spacial score (nSPS) is 10.5. The molecule has 0 aliphatic carbocycles. The molecular formula is C17H14ClN3O. The monoisotopic (exact) mass is 311 g/mol. The summed E-state index contributed by atoms with van der Waals surface area (Å²) >= 11 is 6.20. The molecule has 0 amide bonds. The van der Waals surface area contributed by atoms with Crippen molar-refractivity contribution < 1.29 is 4.74 Å². The lowest BCUT2D eigenvalue weighted by Crippen LogP contribution is -1.96. The molecule has 0 saturated heterocycles. The van der Waals surface area contributed by atoms with Crippen molar-refractivity contribution in [2.45, 2.75) is 13.8 Å². The quantitative estimate of drug-likeness (QED) is 0.709. The molecular weight excluding hydrogens is 298 g/mol. The molecule has 22 heavy (non-hydrogen) atoms. The third-order valence-electron chi connectivity index (χ3n) is 3.05. The van der Waals surface area contributed by atoms with Crippen LogP contribution < -0.4 is 4.74 Å². The summed E-state index contributed by atoms with van der Waals surface area (Å²) < 4.78 is 5.80. The van der Waals surface area contributed by atoms with Crippen LogP contribution in [0.5, 0.6) is 11.6 Å². The first-order valence-corrected chi connectivity index (χ1v) is 7.20. The fourth-order valence-electron chi connectivity index (χ4n) is 2.02. The van der Waals surface area contributed by atoms with Gasteiger partial charge in [0.2, 0.25) is 5.88 Å². The van der Waals surface area contributed by atoms with Crippen LogP contribution in [0.15, 0.2) is 48.8 Å². The predicted octanol–water partition coefficient (Wildman–Crippen LogP) is 4.60. The van der Waals surface area contributed by atoms with Crippen LogP contribution in [0.3, 0.4) is 0 Å². The molecule has 0 atom stereocenters. The molecule has 110 valence electrons. The zero-order valence-electron chi connectivity index (χ0n) is 12.2. The molecule has 3 aromatic rings. The van der Waals surface area contributed by atoms with Crippen LogP contribution >= 0.6 is 11.6 Å². The Hall–Kier alpha value is -2.46. The van der Waals surface area contributed by atoms with E-state index in [1.807, 2.05) is 44.2 Å². The highest BCUT2D eigenvalue weighted by Crippen LogP contribution is 2.30. The summed E-state index contributed by atoms with van der Waals surface area (Å²) in [6.07, 6.45) is 3.43. The van der Waals surface area contributed by atoms with E-state index < -0.39 is 0 Å². The first kappa shape index (κ1) is 14.5. The van der Waals surface area contributed by atoms with E-state index >= 15 is 0 Å². The van der Waals surface area contributed by atoms with Gasteiger partial charge >= 0.3 is 0 Å². The molecule has 0 aliphatic heterocycles. The predicted molar refractivity (Wildman–Crippen MR) is 86.3 cm³/mol. The van der Waals surface area contributed by atoms with E-state index in [0.717, 1.165) is 16.8 Å². The van der Waals surface area contributed by atoms with Gasteiger partial charge in [-0.25, -0.2) is 4.98 Å². The Morgan fingerprint density at radius 1 is 1.05 bits per heavy atom. The largest absolute Gasteiger partial charge is 0.437 e. The summed E-state index contributed by atoms with van der Waals surface area (Å²) in [5.74, 6) is 1.60. The molecule has 2 aromatic heterocycles. The first-order chi connectivity index (χ1) is 10.6. The lowest BCUT2D eigenvalue weighted by molar-refractivity contribution is 0.461. The maximum Gasteiger partial charge on any atom is 0.223 e. The van der Waals surface area contributed by atoms with Gasteiger partial charge in [-0.05, 0) is 43.7 Å². The average molecular weight is 312 g/mol. The van der Waals surface area contributed by atoms with Crippen molar-refractivity contribution in [3.63, 3.8) is 0 Å². The number of ether oxygens (including phenoxy) is 1. The van der Waals surface area contributed by atoms with Crippen LogP contribution in [0.25, 0.3) is 11.4 Å². The first-order valence-electron chi connectivity index (χ1n) is 6.82. The molecule has 0 saturated carbocycles. The van der Waals surface area contributed by atoms with Crippen LogP contribution in [-0.2, 0) is 0 Å². The topological polar surface area (TPSA) is 47.9 Å². The van der Waals surface area contributed by atoms with Crippen molar-refractivity contribution in [1.29, 1.82) is 0 Å². The Bertz CT molecular complexity index is 806. The fraction of sp³-hybridized carbons (Fsp3) is 0.118. The number of benzene rings is 1. The molecule has 2 heterocycles. The average Bonchev–Trinajstić information content (AvgIpc) is 2.50. The van der Waals surface area contributed by atoms with Gasteiger partial charge in [-0.2, -0.15) is 4.98 Å². The van der Waals surface area contributed by atoms with Crippen molar-refractivity contribution in [3.05, 3.63) is 65.1 Å². The number of pyridine rings is 1. The van der Waals surface area contributed by atoms with Crippen molar-refractivity contribution in [1.82, 2.24) is 15.0 Å². The van der Waals surface area contributed by atoms with E-state index in [4.69, 9.17) is 16.3 Å². The minimum Gasteiger partial charge on any atom is -0.437 e. The van der Waals surface area contributed by atoms with Gasteiger partial charge in [0.25, 0.3) is 0 Å². The van der Waals surface area contributed by atoms with E-state index in [1.54, 1.807) is 18.5 Å². The van der Waals surface area contributed by atoms with Crippen molar-refractivity contribution in [2.24, 2.45) is 0 Å². The van der Waals surface area contributed by atoms with Crippen LogP contribution in [-0.4, -0.2) is 15.0 Å². The fourth-order valence-corrected chi connectivity index (χ4v) is 2.29. The molecule has 1 aromatic carbocycles. The zero-order valence-corrected chi connectivity index (χ0v) is 13.0. The molecule has 0 fully saturated rings. The molecule has 0 aliphatic rings. The van der Waals surface area contributed by atoms with E-state index in [2.05, 4.69) is 15.0 Å². The third kappa shape index (κ3) is 3.23. The molecule has 0 radical (unpaired) electrons. The summed E-state index contributed by atoms with van der Waals surface area (Å²) in [5, 5.41) is 0.555. The third-order valence-corrected chi connectivity index (χ3v) is 3.35. The number of aryl methyl sites for hydroxylation is 2. The Morgan fingerprint density at radius 3 is 2.64 bits per heavy atom. The standard InChI is InChI=1S/C17H14ClN3O/c1-11-5-6-15(14(18)8-11)22-16-9-12(2)20-17(21-16)13-4-3-7-19-10-13/h3-10H,1-2H3. The minimum absolute atomic E-state index is 0.456. The smallest absolute Gasteiger partial charge is 0.223 e. The van der Waals surface area contributed by atoms with Crippen LogP contribution in [0, 0.1) is 13.8 Å². The number of aromatic nitrogens is 3. The van der Waals surface area contributed by atoms with Gasteiger partial charge in [0.1, 0.15) is 5.75 Å². The van der Waals surface area contributed by atoms with E-state index in [1.165, 1.54) is 0 Å². The van der Waals surface area contributed by atoms with Crippen LogP contribution in [0.2, 0.25) is 5.02 Å². The van der Waals surface area contributed by atoms with Crippen LogP contribution in [0.4, 0.5) is 0 Å². The van der Waals surface area contributed by atoms with Crippen LogP contribution in [0.1, 0.15) is 11.3 Å². The molecule has 0 unspecified atom stereocenters.